The first-order valence-corrected chi connectivity index (χ1v) is 18.5. The Labute approximate surface area is 293 Å². The first-order chi connectivity index (χ1) is 22.5. The van der Waals surface area contributed by atoms with Gasteiger partial charge in [-0.2, -0.15) is 0 Å². The third-order valence-corrected chi connectivity index (χ3v) is 12.9. The highest BCUT2D eigenvalue weighted by Crippen LogP contribution is 2.72. The van der Waals surface area contributed by atoms with Crippen molar-refractivity contribution in [2.24, 2.45) is 23.2 Å². The number of ether oxygens (including phenoxy) is 1. The lowest BCUT2D eigenvalue weighted by Gasteiger charge is -2.47. The molecule has 3 saturated heterocycles. The lowest BCUT2D eigenvalue weighted by molar-refractivity contribution is -0.150. The number of rotatable bonds is 15. The van der Waals surface area contributed by atoms with E-state index in [0.717, 1.165) is 18.6 Å². The molecule has 3 aliphatic heterocycles. The zero-order valence-corrected chi connectivity index (χ0v) is 31.6. The average Bonchev–Trinajstić information content (AvgIpc) is 3.58. The van der Waals surface area contributed by atoms with E-state index in [1.165, 1.54) is 0 Å². The van der Waals surface area contributed by atoms with Gasteiger partial charge in [0.15, 0.2) is 0 Å². The Morgan fingerprint density at radius 2 is 1.71 bits per heavy atom. The number of aliphatic hydroxyl groups is 1. The predicted molar refractivity (Wildman–Crippen MR) is 196 cm³/mol. The van der Waals surface area contributed by atoms with E-state index in [1.54, 1.807) is 33.7 Å². The van der Waals surface area contributed by atoms with Crippen LogP contribution in [0.4, 0.5) is 5.69 Å². The van der Waals surface area contributed by atoms with Gasteiger partial charge < -0.3 is 24.5 Å². The summed E-state index contributed by atoms with van der Waals surface area (Å²) in [6.07, 6.45) is 6.30. The summed E-state index contributed by atoms with van der Waals surface area (Å²) in [6.45, 7) is 27.6. The molecule has 1 aromatic rings. The first kappa shape index (κ1) is 38.0. The van der Waals surface area contributed by atoms with Crippen LogP contribution in [-0.2, 0) is 14.4 Å². The standard InChI is InChI=1S/C39H59N3O5S/c1-12-22-40(27-16-18-28(19-17-27)47-15-4)33(44)30-31-34(45)42(29(24-43)26(5)14-3)32(39(31)21-20-38(30,11)48-39)35(46)41(23-13-2)37(9,10)25-36(6,7)8/h12-13,16-19,26,29-32,43H,1-2,14-15,20-25H2,3-11H3/t26-,29-,30+,31-,32?,38-,39?/m0/s1. The van der Waals surface area contributed by atoms with Crippen molar-refractivity contribution < 1.29 is 24.2 Å². The van der Waals surface area contributed by atoms with Crippen LogP contribution in [0, 0.1) is 23.2 Å². The van der Waals surface area contributed by atoms with Crippen LogP contribution >= 0.6 is 11.8 Å². The third-order valence-electron chi connectivity index (χ3n) is 10.9. The van der Waals surface area contributed by atoms with E-state index in [0.29, 0.717) is 31.7 Å². The zero-order valence-electron chi connectivity index (χ0n) is 30.8. The number of fused-ring (bicyclic) bond motifs is 1. The third kappa shape index (κ3) is 6.70. The lowest BCUT2D eigenvalue weighted by Crippen LogP contribution is -2.62. The number of nitrogens with zero attached hydrogens (tertiary/aromatic N) is 3. The number of anilines is 1. The highest BCUT2D eigenvalue weighted by Gasteiger charge is 2.78. The fraction of sp³-hybridized carbons (Fsp3) is 0.667. The average molecular weight is 682 g/mol. The minimum Gasteiger partial charge on any atom is -0.494 e. The number of amides is 3. The summed E-state index contributed by atoms with van der Waals surface area (Å²) < 4.78 is 4.30. The monoisotopic (exact) mass is 681 g/mol. The zero-order chi connectivity index (χ0) is 35.8. The molecule has 8 nitrogen and oxygen atoms in total. The van der Waals surface area contributed by atoms with E-state index in [9.17, 15) is 9.90 Å². The lowest BCUT2D eigenvalue weighted by atomic mass is 9.66. The van der Waals surface area contributed by atoms with Crippen molar-refractivity contribution in [3.8, 4) is 5.75 Å². The van der Waals surface area contributed by atoms with Crippen molar-refractivity contribution in [2.45, 2.75) is 115 Å². The molecular formula is C39H59N3O5S. The molecule has 48 heavy (non-hydrogen) atoms. The Balaban J connectivity index is 1.86. The van der Waals surface area contributed by atoms with Crippen LogP contribution < -0.4 is 9.64 Å². The van der Waals surface area contributed by atoms with Gasteiger partial charge in [0, 0.05) is 29.1 Å². The van der Waals surface area contributed by atoms with Crippen molar-refractivity contribution in [1.29, 1.82) is 0 Å². The molecule has 1 aromatic carbocycles. The van der Waals surface area contributed by atoms with Gasteiger partial charge in [0.25, 0.3) is 0 Å². The van der Waals surface area contributed by atoms with Crippen LogP contribution in [0.2, 0.25) is 0 Å². The molecular weight excluding hydrogens is 623 g/mol. The molecule has 7 atom stereocenters. The van der Waals surface area contributed by atoms with Gasteiger partial charge in [0.05, 0.1) is 35.8 Å². The second-order valence-corrected chi connectivity index (χ2v) is 18.0. The number of hydrogen-bond donors (Lipinski definition) is 1. The summed E-state index contributed by atoms with van der Waals surface area (Å²) >= 11 is 1.67. The number of hydrogen-bond acceptors (Lipinski definition) is 6. The first-order valence-electron chi connectivity index (χ1n) is 17.7. The fourth-order valence-corrected chi connectivity index (χ4v) is 11.3. The molecule has 0 radical (unpaired) electrons. The Bertz CT molecular complexity index is 1370. The molecule has 9 heteroatoms. The van der Waals surface area contributed by atoms with Crippen molar-refractivity contribution in [3.05, 3.63) is 49.6 Å². The molecule has 3 aliphatic rings. The van der Waals surface area contributed by atoms with Crippen molar-refractivity contribution in [3.63, 3.8) is 0 Å². The smallest absolute Gasteiger partial charge is 0.247 e. The van der Waals surface area contributed by atoms with Crippen LogP contribution in [0.1, 0.15) is 88.0 Å². The Kier molecular flexibility index (Phi) is 11.3. The topological polar surface area (TPSA) is 90.4 Å². The Hall–Kier alpha value is -2.78. The van der Waals surface area contributed by atoms with E-state index in [1.807, 2.05) is 49.9 Å². The summed E-state index contributed by atoms with van der Waals surface area (Å²) in [7, 11) is 0. The summed E-state index contributed by atoms with van der Waals surface area (Å²) in [6, 6.07) is 6.08. The molecule has 3 fully saturated rings. The second-order valence-electron chi connectivity index (χ2n) is 16.1. The maximum atomic E-state index is 15.3. The van der Waals surface area contributed by atoms with E-state index in [4.69, 9.17) is 4.74 Å². The Morgan fingerprint density at radius 1 is 1.08 bits per heavy atom. The minimum absolute atomic E-state index is 0.0482. The Morgan fingerprint density at radius 3 is 2.23 bits per heavy atom. The quantitative estimate of drug-likeness (QED) is 0.207. The summed E-state index contributed by atoms with van der Waals surface area (Å²) in [5.74, 6) is -1.14. The largest absolute Gasteiger partial charge is 0.494 e. The van der Waals surface area contributed by atoms with Gasteiger partial charge in [-0.25, -0.2) is 0 Å². The molecule has 0 aromatic heterocycles. The van der Waals surface area contributed by atoms with Crippen molar-refractivity contribution in [2.75, 3.05) is 31.2 Å². The summed E-state index contributed by atoms with van der Waals surface area (Å²) in [5, 5.41) is 10.8. The number of likely N-dealkylation sites (tertiary alicyclic amines) is 1. The molecule has 2 unspecified atom stereocenters. The minimum atomic E-state index is -0.816. The molecule has 0 saturated carbocycles. The van der Waals surface area contributed by atoms with E-state index < -0.39 is 39.0 Å². The van der Waals surface area contributed by atoms with Crippen molar-refractivity contribution >= 4 is 35.2 Å². The molecule has 266 valence electrons. The van der Waals surface area contributed by atoms with Gasteiger partial charge in [-0.3, -0.25) is 14.4 Å². The number of aliphatic hydroxyl groups excluding tert-OH is 1. The predicted octanol–water partition coefficient (Wildman–Crippen LogP) is 6.72. The molecule has 4 rings (SSSR count). The SMILES string of the molecule is C=CCN(C(=O)[C@H]1[C@H]2C(=O)N([C@@H](CO)[C@@H](C)CC)C(C(=O)N(CC=C)C(C)(C)CC(C)(C)C)C23CC[C@]1(C)S3)c1ccc(OCC)cc1. The van der Waals surface area contributed by atoms with Crippen LogP contribution in [0.25, 0.3) is 0 Å². The van der Waals surface area contributed by atoms with Gasteiger partial charge in [0.1, 0.15) is 11.8 Å². The van der Waals surface area contributed by atoms with Gasteiger partial charge >= 0.3 is 0 Å². The van der Waals surface area contributed by atoms with Crippen molar-refractivity contribution in [1.82, 2.24) is 9.80 Å². The summed E-state index contributed by atoms with van der Waals surface area (Å²) in [5.41, 5.74) is 0.116. The molecule has 2 bridgehead atoms. The number of carbonyl (C=O) groups excluding carboxylic acids is 3. The highest BCUT2D eigenvalue weighted by molar-refractivity contribution is 8.02. The van der Waals surface area contributed by atoms with E-state index in [-0.39, 0.29) is 42.2 Å². The summed E-state index contributed by atoms with van der Waals surface area (Å²) in [4.78, 5) is 50.6. The molecule has 1 spiro atoms. The maximum absolute atomic E-state index is 15.3. The molecule has 3 amide bonds. The van der Waals surface area contributed by atoms with Crippen LogP contribution in [0.5, 0.6) is 5.75 Å². The van der Waals surface area contributed by atoms with Gasteiger partial charge in [-0.15, -0.1) is 24.9 Å². The molecule has 0 aliphatic carbocycles. The van der Waals surface area contributed by atoms with Crippen LogP contribution in [0.15, 0.2) is 49.6 Å². The highest BCUT2D eigenvalue weighted by atomic mass is 32.2. The van der Waals surface area contributed by atoms with Gasteiger partial charge in [-0.05, 0) is 82.6 Å². The molecule has 3 heterocycles. The number of carbonyl (C=O) groups is 3. The van der Waals surface area contributed by atoms with E-state index in [2.05, 4.69) is 54.7 Å². The van der Waals surface area contributed by atoms with Crippen LogP contribution in [-0.4, -0.2) is 86.0 Å². The van der Waals surface area contributed by atoms with Gasteiger partial charge in [0.2, 0.25) is 17.7 Å². The number of thioether (sulfide) groups is 1. The number of benzene rings is 1. The molecule has 1 N–H and O–H groups in total. The normalized spacial score (nSPS) is 27.8. The fourth-order valence-electron chi connectivity index (χ4n) is 9.00. The second kappa shape index (κ2) is 14.2. The van der Waals surface area contributed by atoms with E-state index >= 15 is 9.59 Å². The maximum Gasteiger partial charge on any atom is 0.247 e. The van der Waals surface area contributed by atoms with Gasteiger partial charge in [-0.1, -0.05) is 53.2 Å². The van der Waals surface area contributed by atoms with Crippen LogP contribution in [0.3, 0.4) is 0 Å².